The van der Waals surface area contributed by atoms with Crippen LogP contribution in [0.25, 0.3) is 11.1 Å². The summed E-state index contributed by atoms with van der Waals surface area (Å²) in [5.74, 6) is 0.105. The number of aryl methyl sites for hydroxylation is 1. The van der Waals surface area contributed by atoms with Crippen LogP contribution in [0.2, 0.25) is 0 Å². The average molecular weight is 209 g/mol. The highest BCUT2D eigenvalue weighted by Gasteiger charge is 2.26. The third kappa shape index (κ3) is 1.04. The molecule has 0 bridgehead atoms. The van der Waals surface area contributed by atoms with E-state index < -0.39 is 0 Å². The van der Waals surface area contributed by atoms with Crippen LogP contribution in [-0.4, -0.2) is 5.78 Å². The topological polar surface area (TPSA) is 43.1 Å². The Morgan fingerprint density at radius 2 is 1.62 bits per heavy atom. The van der Waals surface area contributed by atoms with Gasteiger partial charge in [-0.3, -0.25) is 4.79 Å². The average Bonchev–Trinajstić information content (AvgIpc) is 2.55. The van der Waals surface area contributed by atoms with Crippen LogP contribution in [-0.2, 0) is 0 Å². The zero-order chi connectivity index (χ0) is 11.3. The molecule has 1 aliphatic rings. The Hall–Kier alpha value is -2.09. The minimum absolute atomic E-state index is 0.105. The van der Waals surface area contributed by atoms with Crippen LogP contribution in [0.3, 0.4) is 0 Å². The van der Waals surface area contributed by atoms with E-state index in [1.807, 2.05) is 43.3 Å². The number of hydrogen-bond acceptors (Lipinski definition) is 2. The fourth-order valence-electron chi connectivity index (χ4n) is 2.20. The van der Waals surface area contributed by atoms with E-state index in [9.17, 15) is 4.79 Å². The van der Waals surface area contributed by atoms with Gasteiger partial charge in [-0.05, 0) is 35.7 Å². The number of hydrogen-bond donors (Lipinski definition) is 1. The Labute approximate surface area is 93.7 Å². The molecule has 78 valence electrons. The molecule has 2 nitrogen and oxygen atoms in total. The van der Waals surface area contributed by atoms with Crippen molar-refractivity contribution in [2.75, 3.05) is 5.73 Å². The summed E-state index contributed by atoms with van der Waals surface area (Å²) in [6.45, 7) is 1.92. The molecule has 0 spiro atoms. The summed E-state index contributed by atoms with van der Waals surface area (Å²) in [6, 6.07) is 11.4. The second-order valence-electron chi connectivity index (χ2n) is 4.13. The first-order valence-corrected chi connectivity index (χ1v) is 5.22. The van der Waals surface area contributed by atoms with Gasteiger partial charge in [0.05, 0.1) is 0 Å². The molecule has 0 amide bonds. The van der Waals surface area contributed by atoms with Gasteiger partial charge in [0.1, 0.15) is 0 Å². The molecule has 2 aromatic carbocycles. The number of benzene rings is 2. The van der Waals surface area contributed by atoms with Crippen LogP contribution in [0.5, 0.6) is 0 Å². The quantitative estimate of drug-likeness (QED) is 0.578. The number of anilines is 1. The lowest BCUT2D eigenvalue weighted by atomic mass is 10.0. The van der Waals surface area contributed by atoms with Crippen molar-refractivity contribution in [2.45, 2.75) is 6.92 Å². The molecule has 2 aromatic rings. The Morgan fingerprint density at radius 1 is 0.938 bits per heavy atom. The molecule has 2 heteroatoms. The molecule has 2 N–H and O–H groups in total. The predicted octanol–water partition coefficient (Wildman–Crippen LogP) is 2.79. The molecular weight excluding hydrogens is 198 g/mol. The Kier molecular flexibility index (Phi) is 1.69. The highest BCUT2D eigenvalue weighted by molar-refractivity contribution is 6.22. The molecule has 0 saturated heterocycles. The largest absolute Gasteiger partial charge is 0.398 e. The van der Waals surface area contributed by atoms with E-state index in [2.05, 4.69) is 0 Å². The number of rotatable bonds is 0. The molecule has 0 fully saturated rings. The molecule has 0 atom stereocenters. The van der Waals surface area contributed by atoms with Crippen LogP contribution >= 0.6 is 0 Å². The molecule has 0 unspecified atom stereocenters. The van der Waals surface area contributed by atoms with Crippen molar-refractivity contribution in [2.24, 2.45) is 0 Å². The third-order valence-electron chi connectivity index (χ3n) is 3.11. The summed E-state index contributed by atoms with van der Waals surface area (Å²) < 4.78 is 0. The van der Waals surface area contributed by atoms with Gasteiger partial charge in [-0.2, -0.15) is 0 Å². The van der Waals surface area contributed by atoms with Gasteiger partial charge >= 0.3 is 0 Å². The normalized spacial score (nSPS) is 12.4. The number of carbonyl (C=O) groups is 1. The first-order chi connectivity index (χ1) is 7.68. The summed E-state index contributed by atoms with van der Waals surface area (Å²) >= 11 is 0. The molecule has 0 aliphatic heterocycles. The first kappa shape index (κ1) is 9.16. The van der Waals surface area contributed by atoms with Crippen molar-refractivity contribution < 1.29 is 4.79 Å². The van der Waals surface area contributed by atoms with Gasteiger partial charge in [0.25, 0.3) is 0 Å². The molecule has 0 heterocycles. The molecule has 0 radical (unpaired) electrons. The Bertz CT molecular complexity index is 614. The van der Waals surface area contributed by atoms with Crippen LogP contribution in [0.15, 0.2) is 36.4 Å². The molecule has 0 saturated carbocycles. The minimum atomic E-state index is 0.105. The smallest absolute Gasteiger partial charge is 0.194 e. The van der Waals surface area contributed by atoms with Crippen molar-refractivity contribution in [3.05, 3.63) is 53.1 Å². The zero-order valence-electron chi connectivity index (χ0n) is 8.95. The van der Waals surface area contributed by atoms with E-state index in [0.717, 1.165) is 33.5 Å². The Balaban J connectivity index is 2.38. The monoisotopic (exact) mass is 209 g/mol. The summed E-state index contributed by atoms with van der Waals surface area (Å²) in [5, 5.41) is 0. The van der Waals surface area contributed by atoms with E-state index in [0.29, 0.717) is 0 Å². The maximum absolute atomic E-state index is 12.1. The number of carbonyl (C=O) groups excluding carboxylic acids is 1. The van der Waals surface area contributed by atoms with E-state index in [1.54, 1.807) is 0 Å². The van der Waals surface area contributed by atoms with Crippen LogP contribution in [0.1, 0.15) is 21.5 Å². The summed E-state index contributed by atoms with van der Waals surface area (Å²) in [7, 11) is 0. The standard InChI is InChI=1S/C14H11NO/c1-8-6-12-11(7-13(8)15)9-4-2-3-5-10(9)14(12)16/h2-7H,15H2,1H3. The van der Waals surface area contributed by atoms with E-state index in [-0.39, 0.29) is 5.78 Å². The summed E-state index contributed by atoms with van der Waals surface area (Å²) in [5.41, 5.74) is 11.1. The van der Waals surface area contributed by atoms with Gasteiger partial charge in [0, 0.05) is 16.8 Å². The van der Waals surface area contributed by atoms with Crippen LogP contribution in [0.4, 0.5) is 5.69 Å². The van der Waals surface area contributed by atoms with E-state index in [1.165, 1.54) is 0 Å². The van der Waals surface area contributed by atoms with Crippen LogP contribution < -0.4 is 5.73 Å². The second-order valence-corrected chi connectivity index (χ2v) is 4.13. The number of fused-ring (bicyclic) bond motifs is 3. The predicted molar refractivity (Wildman–Crippen MR) is 64.5 cm³/mol. The lowest BCUT2D eigenvalue weighted by Crippen LogP contribution is -1.97. The highest BCUT2D eigenvalue weighted by Crippen LogP contribution is 2.38. The lowest BCUT2D eigenvalue weighted by Gasteiger charge is -2.04. The first-order valence-electron chi connectivity index (χ1n) is 5.22. The number of ketones is 1. The lowest BCUT2D eigenvalue weighted by molar-refractivity contribution is 0.104. The second kappa shape index (κ2) is 2.95. The van der Waals surface area contributed by atoms with Gasteiger partial charge in [-0.25, -0.2) is 0 Å². The summed E-state index contributed by atoms with van der Waals surface area (Å²) in [6.07, 6.45) is 0. The highest BCUT2D eigenvalue weighted by atomic mass is 16.1. The maximum atomic E-state index is 12.1. The maximum Gasteiger partial charge on any atom is 0.194 e. The van der Waals surface area contributed by atoms with Crippen molar-refractivity contribution in [3.63, 3.8) is 0 Å². The molecular formula is C14H11NO. The van der Waals surface area contributed by atoms with E-state index in [4.69, 9.17) is 5.73 Å². The zero-order valence-corrected chi connectivity index (χ0v) is 8.95. The third-order valence-corrected chi connectivity index (χ3v) is 3.11. The van der Waals surface area contributed by atoms with Gasteiger partial charge in [-0.15, -0.1) is 0 Å². The van der Waals surface area contributed by atoms with Crippen molar-refractivity contribution in [1.82, 2.24) is 0 Å². The van der Waals surface area contributed by atoms with E-state index >= 15 is 0 Å². The van der Waals surface area contributed by atoms with Crippen molar-refractivity contribution in [1.29, 1.82) is 0 Å². The van der Waals surface area contributed by atoms with Gasteiger partial charge in [0.2, 0.25) is 0 Å². The SMILES string of the molecule is Cc1cc2c(cc1N)-c1ccccc1C2=O. The fourth-order valence-corrected chi connectivity index (χ4v) is 2.20. The van der Waals surface area contributed by atoms with Gasteiger partial charge < -0.3 is 5.73 Å². The van der Waals surface area contributed by atoms with Gasteiger partial charge in [-0.1, -0.05) is 24.3 Å². The van der Waals surface area contributed by atoms with Gasteiger partial charge in [0.15, 0.2) is 5.78 Å². The summed E-state index contributed by atoms with van der Waals surface area (Å²) in [4.78, 5) is 12.1. The van der Waals surface area contributed by atoms with Crippen molar-refractivity contribution in [3.8, 4) is 11.1 Å². The molecule has 0 aromatic heterocycles. The molecule has 3 rings (SSSR count). The fraction of sp³-hybridized carbons (Fsp3) is 0.0714. The number of nitrogens with two attached hydrogens (primary N) is 1. The van der Waals surface area contributed by atoms with Crippen molar-refractivity contribution >= 4 is 11.5 Å². The molecule has 1 aliphatic carbocycles. The number of nitrogen functional groups attached to an aromatic ring is 1. The molecule has 16 heavy (non-hydrogen) atoms. The Morgan fingerprint density at radius 3 is 2.38 bits per heavy atom. The minimum Gasteiger partial charge on any atom is -0.398 e. The van der Waals surface area contributed by atoms with Crippen LogP contribution in [0, 0.1) is 6.92 Å².